The van der Waals surface area contributed by atoms with Crippen LogP contribution in [0.2, 0.25) is 0 Å². The van der Waals surface area contributed by atoms with Crippen molar-refractivity contribution in [1.29, 1.82) is 0 Å². The number of hydrogen-bond donors (Lipinski definition) is 1. The molecule has 1 aliphatic heterocycles. The number of carbonyl (C=O) groups excluding carboxylic acids is 1. The summed E-state index contributed by atoms with van der Waals surface area (Å²) < 4.78 is 7.17. The van der Waals surface area contributed by atoms with Gasteiger partial charge in [0.15, 0.2) is 0 Å². The summed E-state index contributed by atoms with van der Waals surface area (Å²) in [6.45, 7) is 4.90. The normalized spacial score (nSPS) is 15.2. The minimum atomic E-state index is -0.119. The monoisotopic (exact) mass is 381 g/mol. The maximum absolute atomic E-state index is 13.2. The number of aliphatic hydroxyl groups excluding tert-OH is 1. The molecule has 1 N–H and O–H groups in total. The van der Waals surface area contributed by atoms with Crippen LogP contribution in [0.3, 0.4) is 0 Å². The van der Waals surface area contributed by atoms with Crippen molar-refractivity contribution in [2.45, 2.75) is 39.3 Å². The molecule has 0 spiro atoms. The smallest absolute Gasteiger partial charge is 0.259 e. The molecule has 1 saturated heterocycles. The Labute approximate surface area is 162 Å². The van der Waals surface area contributed by atoms with Crippen molar-refractivity contribution >= 4 is 5.91 Å². The van der Waals surface area contributed by atoms with Crippen LogP contribution >= 0.6 is 0 Å². The third-order valence-corrected chi connectivity index (χ3v) is 5.32. The molecule has 0 bridgehead atoms. The third kappa shape index (κ3) is 3.31. The molecule has 2 aromatic heterocycles. The van der Waals surface area contributed by atoms with Crippen LogP contribution in [0.4, 0.5) is 0 Å². The first kappa shape index (κ1) is 18.4. The van der Waals surface area contributed by atoms with E-state index in [9.17, 15) is 4.79 Å². The first-order valence-electron chi connectivity index (χ1n) is 9.41. The SMILES string of the molecule is Cc1ccccc1-c1noc(C)c1C(=O)N1CCC(n2cc(CO)nn2)CC1. The summed E-state index contributed by atoms with van der Waals surface area (Å²) in [6, 6.07) is 8.03. The minimum absolute atomic E-state index is 0.0508. The van der Waals surface area contributed by atoms with Crippen LogP contribution in [0.15, 0.2) is 35.0 Å². The van der Waals surface area contributed by atoms with Gasteiger partial charge in [0.1, 0.15) is 22.7 Å². The minimum Gasteiger partial charge on any atom is -0.390 e. The lowest BCUT2D eigenvalue weighted by atomic mass is 9.99. The molecule has 1 fully saturated rings. The van der Waals surface area contributed by atoms with E-state index in [1.807, 2.05) is 36.1 Å². The Kier molecular flexibility index (Phi) is 4.95. The second kappa shape index (κ2) is 7.55. The zero-order valence-corrected chi connectivity index (χ0v) is 16.0. The first-order valence-corrected chi connectivity index (χ1v) is 9.41. The van der Waals surface area contributed by atoms with E-state index in [1.54, 1.807) is 17.8 Å². The number of aliphatic hydroxyl groups is 1. The van der Waals surface area contributed by atoms with E-state index in [-0.39, 0.29) is 18.6 Å². The molecular formula is C20H23N5O3. The number of rotatable bonds is 4. The predicted octanol–water partition coefficient (Wildman–Crippen LogP) is 2.52. The second-order valence-corrected chi connectivity index (χ2v) is 7.15. The number of hydrogen-bond acceptors (Lipinski definition) is 6. The van der Waals surface area contributed by atoms with E-state index >= 15 is 0 Å². The van der Waals surface area contributed by atoms with Gasteiger partial charge in [0.05, 0.1) is 18.8 Å². The number of piperidine rings is 1. The molecule has 0 atom stereocenters. The van der Waals surface area contributed by atoms with Crippen LogP contribution in [0.5, 0.6) is 0 Å². The average Bonchev–Trinajstić information content (AvgIpc) is 3.35. The molecule has 1 aliphatic rings. The summed E-state index contributed by atoms with van der Waals surface area (Å²) in [5.41, 5.74) is 3.66. The molecule has 3 aromatic rings. The lowest BCUT2D eigenvalue weighted by Gasteiger charge is -2.31. The van der Waals surface area contributed by atoms with Crippen LogP contribution in [-0.4, -0.2) is 49.2 Å². The van der Waals surface area contributed by atoms with Crippen LogP contribution in [0.1, 0.15) is 46.3 Å². The highest BCUT2D eigenvalue weighted by atomic mass is 16.5. The summed E-state index contributed by atoms with van der Waals surface area (Å²) in [4.78, 5) is 15.1. The standard InChI is InChI=1S/C20H23N5O3/c1-13-5-3-4-6-17(13)19-18(14(2)28-22-19)20(27)24-9-7-16(8-10-24)25-11-15(12-26)21-23-25/h3-6,11,16,26H,7-10,12H2,1-2H3. The van der Waals surface area contributed by atoms with Crippen LogP contribution in [-0.2, 0) is 6.61 Å². The van der Waals surface area contributed by atoms with Crippen molar-refractivity contribution in [2.24, 2.45) is 0 Å². The fourth-order valence-electron chi connectivity index (χ4n) is 3.70. The average molecular weight is 381 g/mol. The van der Waals surface area contributed by atoms with Crippen molar-refractivity contribution in [3.63, 3.8) is 0 Å². The molecular weight excluding hydrogens is 358 g/mol. The van der Waals surface area contributed by atoms with Gasteiger partial charge in [-0.3, -0.25) is 4.79 Å². The Morgan fingerprint density at radius 3 is 2.68 bits per heavy atom. The molecule has 0 unspecified atom stereocenters. The van der Waals surface area contributed by atoms with Gasteiger partial charge in [-0.2, -0.15) is 0 Å². The Bertz CT molecular complexity index is 985. The van der Waals surface area contributed by atoms with Crippen molar-refractivity contribution < 1.29 is 14.4 Å². The molecule has 146 valence electrons. The van der Waals surface area contributed by atoms with Gasteiger partial charge in [0.2, 0.25) is 0 Å². The molecule has 0 radical (unpaired) electrons. The van der Waals surface area contributed by atoms with Gasteiger partial charge < -0.3 is 14.5 Å². The van der Waals surface area contributed by atoms with Gasteiger partial charge in [-0.25, -0.2) is 4.68 Å². The van der Waals surface area contributed by atoms with E-state index in [2.05, 4.69) is 15.5 Å². The number of benzene rings is 1. The number of aryl methyl sites for hydroxylation is 2. The van der Waals surface area contributed by atoms with E-state index < -0.39 is 0 Å². The summed E-state index contributed by atoms with van der Waals surface area (Å²) in [5.74, 6) is 0.485. The summed E-state index contributed by atoms with van der Waals surface area (Å²) in [6.07, 6.45) is 3.33. The van der Waals surface area contributed by atoms with E-state index in [0.717, 1.165) is 24.0 Å². The predicted molar refractivity (Wildman–Crippen MR) is 102 cm³/mol. The maximum atomic E-state index is 13.2. The second-order valence-electron chi connectivity index (χ2n) is 7.15. The number of carbonyl (C=O) groups is 1. The molecule has 8 heteroatoms. The number of nitrogens with zero attached hydrogens (tertiary/aromatic N) is 5. The molecule has 3 heterocycles. The van der Waals surface area contributed by atoms with Crippen LogP contribution < -0.4 is 0 Å². The Morgan fingerprint density at radius 2 is 2.00 bits per heavy atom. The zero-order valence-electron chi connectivity index (χ0n) is 16.0. The molecule has 0 saturated carbocycles. The van der Waals surface area contributed by atoms with Crippen LogP contribution in [0.25, 0.3) is 11.3 Å². The largest absolute Gasteiger partial charge is 0.390 e. The van der Waals surface area contributed by atoms with E-state index in [1.165, 1.54) is 0 Å². The Morgan fingerprint density at radius 1 is 1.25 bits per heavy atom. The van der Waals surface area contributed by atoms with Gasteiger partial charge in [-0.1, -0.05) is 34.6 Å². The fraction of sp³-hybridized carbons (Fsp3) is 0.400. The lowest BCUT2D eigenvalue weighted by molar-refractivity contribution is 0.0688. The number of amides is 1. The topological polar surface area (TPSA) is 97.3 Å². The van der Waals surface area contributed by atoms with Crippen molar-refractivity contribution in [3.8, 4) is 11.3 Å². The highest BCUT2D eigenvalue weighted by molar-refractivity contribution is 6.01. The molecule has 28 heavy (non-hydrogen) atoms. The van der Waals surface area contributed by atoms with E-state index in [4.69, 9.17) is 9.63 Å². The number of likely N-dealkylation sites (tertiary alicyclic amines) is 1. The fourth-order valence-corrected chi connectivity index (χ4v) is 3.70. The molecule has 8 nitrogen and oxygen atoms in total. The van der Waals surface area contributed by atoms with Gasteiger partial charge in [-0.15, -0.1) is 5.10 Å². The molecule has 4 rings (SSSR count). The highest BCUT2D eigenvalue weighted by Gasteiger charge is 2.30. The number of aromatic nitrogens is 4. The van der Waals surface area contributed by atoms with Gasteiger partial charge >= 0.3 is 0 Å². The lowest BCUT2D eigenvalue weighted by Crippen LogP contribution is -2.39. The van der Waals surface area contributed by atoms with Crippen molar-refractivity contribution in [3.05, 3.63) is 53.0 Å². The van der Waals surface area contributed by atoms with Gasteiger partial charge in [0, 0.05) is 18.7 Å². The summed E-state index contributed by atoms with van der Waals surface area (Å²) in [7, 11) is 0. The first-order chi connectivity index (χ1) is 13.6. The van der Waals surface area contributed by atoms with E-state index in [0.29, 0.717) is 35.8 Å². The molecule has 1 amide bonds. The highest BCUT2D eigenvalue weighted by Crippen LogP contribution is 2.30. The Hall–Kier alpha value is -3.00. The van der Waals surface area contributed by atoms with Gasteiger partial charge in [-0.05, 0) is 32.3 Å². The maximum Gasteiger partial charge on any atom is 0.259 e. The molecule has 1 aromatic carbocycles. The summed E-state index contributed by atoms with van der Waals surface area (Å²) in [5, 5.41) is 21.3. The van der Waals surface area contributed by atoms with Crippen LogP contribution in [0, 0.1) is 13.8 Å². The van der Waals surface area contributed by atoms with Gasteiger partial charge in [0.25, 0.3) is 5.91 Å². The third-order valence-electron chi connectivity index (χ3n) is 5.32. The van der Waals surface area contributed by atoms with Crippen molar-refractivity contribution in [2.75, 3.05) is 13.1 Å². The molecule has 0 aliphatic carbocycles. The van der Waals surface area contributed by atoms with Crippen molar-refractivity contribution in [1.82, 2.24) is 25.1 Å². The quantitative estimate of drug-likeness (QED) is 0.746. The Balaban J connectivity index is 1.52. The summed E-state index contributed by atoms with van der Waals surface area (Å²) >= 11 is 0. The zero-order chi connectivity index (χ0) is 19.7.